The Morgan fingerprint density at radius 2 is 1.96 bits per heavy atom. The molecule has 0 spiro atoms. The van der Waals surface area contributed by atoms with Crippen LogP contribution in [0.2, 0.25) is 5.02 Å². The smallest absolute Gasteiger partial charge is 0.264 e. The molecule has 1 aromatic heterocycles. The molecule has 0 aliphatic heterocycles. The minimum atomic E-state index is -0.250. The van der Waals surface area contributed by atoms with Gasteiger partial charge in [0, 0.05) is 16.0 Å². The lowest BCUT2D eigenvalue weighted by Crippen LogP contribution is -2.20. The maximum absolute atomic E-state index is 12.1. The average Bonchev–Trinajstić information content (AvgIpc) is 3.09. The number of thiazole rings is 1. The van der Waals surface area contributed by atoms with Gasteiger partial charge in [-0.1, -0.05) is 49.7 Å². The summed E-state index contributed by atoms with van der Waals surface area (Å²) in [4.78, 5) is 16.6. The Labute approximate surface area is 168 Å². The summed E-state index contributed by atoms with van der Waals surface area (Å²) in [6.45, 7) is 6.13. The number of hydrogen-bond donors (Lipinski definition) is 1. The zero-order chi connectivity index (χ0) is 19.4. The summed E-state index contributed by atoms with van der Waals surface area (Å²) in [5.41, 5.74) is 4.05. The molecule has 2 aromatic carbocycles. The summed E-state index contributed by atoms with van der Waals surface area (Å²) < 4.78 is 5.56. The number of halogens is 1. The summed E-state index contributed by atoms with van der Waals surface area (Å²) in [6, 6.07) is 13.6. The number of hydrogen-bond acceptors (Lipinski definition) is 4. The first kappa shape index (κ1) is 19.4. The third-order valence-corrected chi connectivity index (χ3v) is 5.11. The molecule has 4 nitrogen and oxygen atoms in total. The quantitative estimate of drug-likeness (QED) is 0.559. The minimum Gasteiger partial charge on any atom is -0.483 e. The number of aromatic nitrogens is 1. The number of rotatable bonds is 6. The second kappa shape index (κ2) is 8.55. The molecule has 0 atom stereocenters. The predicted octanol–water partition coefficient (Wildman–Crippen LogP) is 5.91. The van der Waals surface area contributed by atoms with E-state index in [9.17, 15) is 4.79 Å². The van der Waals surface area contributed by atoms with Crippen LogP contribution in [0.4, 0.5) is 5.13 Å². The van der Waals surface area contributed by atoms with Crippen molar-refractivity contribution in [2.24, 2.45) is 0 Å². The van der Waals surface area contributed by atoms with E-state index in [-0.39, 0.29) is 12.5 Å². The Morgan fingerprint density at radius 3 is 2.63 bits per heavy atom. The molecule has 140 valence electrons. The molecule has 0 radical (unpaired) electrons. The molecular weight excluding hydrogens is 380 g/mol. The fourth-order valence-corrected chi connectivity index (χ4v) is 3.54. The molecule has 0 aliphatic rings. The Morgan fingerprint density at radius 1 is 1.22 bits per heavy atom. The normalized spacial score (nSPS) is 10.9. The number of carbonyl (C=O) groups is 1. The second-order valence-electron chi connectivity index (χ2n) is 6.56. The molecule has 1 N–H and O–H groups in total. The van der Waals surface area contributed by atoms with Crippen molar-refractivity contribution in [2.75, 3.05) is 11.9 Å². The number of aryl methyl sites for hydroxylation is 1. The lowest BCUT2D eigenvalue weighted by atomic mass is 10.0. The number of ether oxygens (including phenoxy) is 1. The Bertz CT molecular complexity index is 936. The van der Waals surface area contributed by atoms with Gasteiger partial charge in [-0.05, 0) is 42.2 Å². The van der Waals surface area contributed by atoms with Crippen LogP contribution in [0.5, 0.6) is 5.75 Å². The maximum Gasteiger partial charge on any atom is 0.264 e. The largest absolute Gasteiger partial charge is 0.483 e. The number of amides is 1. The van der Waals surface area contributed by atoms with E-state index >= 15 is 0 Å². The molecule has 3 rings (SSSR count). The zero-order valence-electron chi connectivity index (χ0n) is 15.5. The van der Waals surface area contributed by atoms with Crippen molar-refractivity contribution in [3.05, 3.63) is 64.0 Å². The van der Waals surface area contributed by atoms with Crippen molar-refractivity contribution in [3.8, 4) is 17.0 Å². The number of nitrogens with zero attached hydrogens (tertiary/aromatic N) is 1. The highest BCUT2D eigenvalue weighted by Crippen LogP contribution is 2.27. The molecule has 6 heteroatoms. The third kappa shape index (κ3) is 5.08. The van der Waals surface area contributed by atoms with Gasteiger partial charge in [-0.15, -0.1) is 11.3 Å². The first-order valence-electron chi connectivity index (χ1n) is 8.67. The van der Waals surface area contributed by atoms with Crippen molar-refractivity contribution >= 4 is 34.0 Å². The van der Waals surface area contributed by atoms with E-state index in [1.807, 2.05) is 12.3 Å². The van der Waals surface area contributed by atoms with Crippen LogP contribution < -0.4 is 10.1 Å². The van der Waals surface area contributed by atoms with Crippen LogP contribution >= 0.6 is 22.9 Å². The molecule has 0 bridgehead atoms. The Balaban J connectivity index is 1.59. The van der Waals surface area contributed by atoms with Gasteiger partial charge in [0.1, 0.15) is 5.75 Å². The van der Waals surface area contributed by atoms with Gasteiger partial charge in [0.15, 0.2) is 11.7 Å². The monoisotopic (exact) mass is 400 g/mol. The van der Waals surface area contributed by atoms with E-state index in [0.717, 1.165) is 16.8 Å². The number of nitrogens with one attached hydrogen (secondary N) is 1. The number of anilines is 1. The van der Waals surface area contributed by atoms with Gasteiger partial charge in [0.05, 0.1) is 5.69 Å². The fraction of sp³-hybridized carbons (Fsp3) is 0.238. The van der Waals surface area contributed by atoms with E-state index in [1.165, 1.54) is 16.9 Å². The predicted molar refractivity (Wildman–Crippen MR) is 112 cm³/mol. The van der Waals surface area contributed by atoms with Crippen molar-refractivity contribution in [2.45, 2.75) is 26.7 Å². The summed E-state index contributed by atoms with van der Waals surface area (Å²) in [5.74, 6) is 0.883. The van der Waals surface area contributed by atoms with Crippen molar-refractivity contribution in [1.29, 1.82) is 0 Å². The standard InChI is InChI=1S/C21H21ClN2O2S/c1-13(2)15-4-6-16(7-5-15)18-12-27-21(23-18)24-20(25)11-26-19-9-8-17(22)10-14(19)3/h4-10,12-13H,11H2,1-3H3,(H,23,24,25). The highest BCUT2D eigenvalue weighted by atomic mass is 35.5. The SMILES string of the molecule is Cc1cc(Cl)ccc1OCC(=O)Nc1nc(-c2ccc(C(C)C)cc2)cs1. The van der Waals surface area contributed by atoms with Crippen LogP contribution in [-0.4, -0.2) is 17.5 Å². The van der Waals surface area contributed by atoms with Gasteiger partial charge >= 0.3 is 0 Å². The first-order chi connectivity index (χ1) is 12.9. The van der Waals surface area contributed by atoms with Gasteiger partial charge in [-0.25, -0.2) is 4.98 Å². The molecule has 1 heterocycles. The molecule has 27 heavy (non-hydrogen) atoms. The Hall–Kier alpha value is -2.37. The topological polar surface area (TPSA) is 51.2 Å². The molecule has 0 aliphatic carbocycles. The third-order valence-electron chi connectivity index (χ3n) is 4.12. The molecule has 0 saturated carbocycles. The van der Waals surface area contributed by atoms with E-state index in [0.29, 0.717) is 21.8 Å². The lowest BCUT2D eigenvalue weighted by molar-refractivity contribution is -0.118. The van der Waals surface area contributed by atoms with Crippen molar-refractivity contribution in [3.63, 3.8) is 0 Å². The van der Waals surface area contributed by atoms with E-state index < -0.39 is 0 Å². The van der Waals surface area contributed by atoms with Crippen molar-refractivity contribution in [1.82, 2.24) is 4.98 Å². The van der Waals surface area contributed by atoms with Gasteiger partial charge in [0.2, 0.25) is 0 Å². The fourth-order valence-electron chi connectivity index (χ4n) is 2.58. The van der Waals surface area contributed by atoms with E-state index in [1.54, 1.807) is 18.2 Å². The lowest BCUT2D eigenvalue weighted by Gasteiger charge is -2.08. The summed E-state index contributed by atoms with van der Waals surface area (Å²) in [6.07, 6.45) is 0. The summed E-state index contributed by atoms with van der Waals surface area (Å²) in [5, 5.41) is 5.91. The highest BCUT2D eigenvalue weighted by molar-refractivity contribution is 7.14. The van der Waals surface area contributed by atoms with Crippen LogP contribution in [0.1, 0.15) is 30.9 Å². The first-order valence-corrected chi connectivity index (χ1v) is 9.93. The Kier molecular flexibility index (Phi) is 6.14. The second-order valence-corrected chi connectivity index (χ2v) is 7.86. The summed E-state index contributed by atoms with van der Waals surface area (Å²) >= 11 is 7.32. The van der Waals surface area contributed by atoms with Gasteiger partial charge in [0.25, 0.3) is 5.91 Å². The zero-order valence-corrected chi connectivity index (χ0v) is 17.0. The van der Waals surface area contributed by atoms with Gasteiger partial charge in [-0.3, -0.25) is 10.1 Å². The van der Waals surface area contributed by atoms with Crippen LogP contribution in [0, 0.1) is 6.92 Å². The number of carbonyl (C=O) groups excluding carboxylic acids is 1. The molecule has 0 unspecified atom stereocenters. The molecule has 1 amide bonds. The van der Waals surface area contributed by atoms with Crippen LogP contribution in [0.25, 0.3) is 11.3 Å². The van der Waals surface area contributed by atoms with Gasteiger partial charge in [-0.2, -0.15) is 0 Å². The molecular formula is C21H21ClN2O2S. The molecule has 3 aromatic rings. The molecule has 0 fully saturated rings. The van der Waals surface area contributed by atoms with Crippen molar-refractivity contribution < 1.29 is 9.53 Å². The van der Waals surface area contributed by atoms with E-state index in [2.05, 4.69) is 48.4 Å². The average molecular weight is 401 g/mol. The van der Waals surface area contributed by atoms with Crippen LogP contribution in [0.3, 0.4) is 0 Å². The molecule has 0 saturated heterocycles. The van der Waals surface area contributed by atoms with E-state index in [4.69, 9.17) is 16.3 Å². The number of benzene rings is 2. The minimum absolute atomic E-state index is 0.0829. The summed E-state index contributed by atoms with van der Waals surface area (Å²) in [7, 11) is 0. The van der Waals surface area contributed by atoms with Crippen LogP contribution in [0.15, 0.2) is 47.8 Å². The highest BCUT2D eigenvalue weighted by Gasteiger charge is 2.10. The van der Waals surface area contributed by atoms with Crippen LogP contribution in [-0.2, 0) is 4.79 Å². The maximum atomic E-state index is 12.1. The van der Waals surface area contributed by atoms with Gasteiger partial charge < -0.3 is 4.74 Å².